The summed E-state index contributed by atoms with van der Waals surface area (Å²) in [5.41, 5.74) is 2.14. The average molecular weight is 277 g/mol. The molecule has 2 rings (SSSR count). The number of pyridine rings is 1. The lowest BCUT2D eigenvalue weighted by Gasteiger charge is -2.18. The van der Waals surface area contributed by atoms with Crippen molar-refractivity contribution in [2.75, 3.05) is 20.2 Å². The van der Waals surface area contributed by atoms with E-state index in [1.165, 1.54) is 12.8 Å². The molecule has 4 nitrogen and oxygen atoms in total. The van der Waals surface area contributed by atoms with Crippen LogP contribution in [-0.2, 0) is 6.54 Å². The fraction of sp³-hybridized carbons (Fsp3) is 0.688. The summed E-state index contributed by atoms with van der Waals surface area (Å²) in [5.74, 6) is 0.967. The minimum absolute atomic E-state index is 0.463. The lowest BCUT2D eigenvalue weighted by molar-refractivity contribution is 0.230. The minimum Gasteiger partial charge on any atom is -0.492 e. The molecule has 0 unspecified atom stereocenters. The second-order valence-electron chi connectivity index (χ2n) is 6.03. The van der Waals surface area contributed by atoms with E-state index in [2.05, 4.69) is 36.1 Å². The molecule has 0 spiro atoms. The van der Waals surface area contributed by atoms with Gasteiger partial charge >= 0.3 is 0 Å². The number of aromatic nitrogens is 1. The van der Waals surface area contributed by atoms with Crippen LogP contribution in [0.4, 0.5) is 0 Å². The van der Waals surface area contributed by atoms with Crippen LogP contribution >= 0.6 is 0 Å². The second-order valence-corrected chi connectivity index (χ2v) is 6.03. The predicted octanol–water partition coefficient (Wildman–Crippen LogP) is 2.36. The van der Waals surface area contributed by atoms with E-state index in [0.717, 1.165) is 42.7 Å². The Balaban J connectivity index is 1.88. The van der Waals surface area contributed by atoms with Crippen molar-refractivity contribution in [3.63, 3.8) is 0 Å². The van der Waals surface area contributed by atoms with Crippen LogP contribution in [0, 0.1) is 6.92 Å². The first-order chi connectivity index (χ1) is 9.56. The van der Waals surface area contributed by atoms with Crippen LogP contribution < -0.4 is 10.1 Å². The van der Waals surface area contributed by atoms with Crippen molar-refractivity contribution in [3.8, 4) is 5.75 Å². The molecule has 1 aliphatic carbocycles. The van der Waals surface area contributed by atoms with Gasteiger partial charge in [-0.2, -0.15) is 0 Å². The standard InChI is InChI=1S/C16H27N3O/c1-12(2)17-10-14-11-18-13(3)9-16(14)20-8-7-19(4)15-5-6-15/h9,11-12,15,17H,5-8,10H2,1-4H3. The van der Waals surface area contributed by atoms with Gasteiger partial charge in [0, 0.05) is 48.7 Å². The number of aryl methyl sites for hydroxylation is 1. The Bertz CT molecular complexity index is 430. The Labute approximate surface area is 122 Å². The number of ether oxygens (including phenoxy) is 1. The van der Waals surface area contributed by atoms with Gasteiger partial charge in [0.2, 0.25) is 0 Å². The molecule has 0 aliphatic heterocycles. The van der Waals surface area contributed by atoms with E-state index >= 15 is 0 Å². The molecule has 0 amide bonds. The number of nitrogens with zero attached hydrogens (tertiary/aromatic N) is 2. The third-order valence-electron chi connectivity index (χ3n) is 3.65. The van der Waals surface area contributed by atoms with E-state index in [-0.39, 0.29) is 0 Å². The molecule has 0 bridgehead atoms. The summed E-state index contributed by atoms with van der Waals surface area (Å²) in [6, 6.07) is 3.29. The maximum Gasteiger partial charge on any atom is 0.127 e. The van der Waals surface area contributed by atoms with Crippen molar-refractivity contribution in [1.29, 1.82) is 0 Å². The van der Waals surface area contributed by atoms with Gasteiger partial charge in [0.05, 0.1) is 0 Å². The lowest BCUT2D eigenvalue weighted by Crippen LogP contribution is -2.27. The second kappa shape index (κ2) is 7.04. The summed E-state index contributed by atoms with van der Waals surface area (Å²) in [7, 11) is 2.18. The maximum absolute atomic E-state index is 5.98. The highest BCUT2D eigenvalue weighted by Gasteiger charge is 2.25. The molecule has 1 fully saturated rings. The quantitative estimate of drug-likeness (QED) is 0.791. The van der Waals surface area contributed by atoms with Gasteiger partial charge in [0.1, 0.15) is 12.4 Å². The molecule has 112 valence electrons. The Kier molecular flexibility index (Phi) is 5.38. The maximum atomic E-state index is 5.98. The molecule has 1 N–H and O–H groups in total. The number of likely N-dealkylation sites (N-methyl/N-ethyl adjacent to an activating group) is 1. The summed E-state index contributed by atoms with van der Waals surface area (Å²) in [5, 5.41) is 3.42. The van der Waals surface area contributed by atoms with Gasteiger partial charge in [-0.1, -0.05) is 13.8 Å². The molecule has 1 aliphatic rings. The van der Waals surface area contributed by atoms with Crippen molar-refractivity contribution in [3.05, 3.63) is 23.5 Å². The molecule has 4 heteroatoms. The molecule has 0 saturated heterocycles. The molecule has 0 aromatic carbocycles. The molecular weight excluding hydrogens is 250 g/mol. The largest absolute Gasteiger partial charge is 0.492 e. The molecule has 1 heterocycles. The zero-order valence-corrected chi connectivity index (χ0v) is 13.1. The van der Waals surface area contributed by atoms with Crippen LogP contribution in [0.5, 0.6) is 5.75 Å². The van der Waals surface area contributed by atoms with E-state index in [1.807, 2.05) is 19.2 Å². The molecular formula is C16H27N3O. The predicted molar refractivity (Wildman–Crippen MR) is 82.1 cm³/mol. The van der Waals surface area contributed by atoms with E-state index < -0.39 is 0 Å². The van der Waals surface area contributed by atoms with Crippen molar-refractivity contribution in [2.24, 2.45) is 0 Å². The van der Waals surface area contributed by atoms with Gasteiger partial charge in [-0.05, 0) is 26.8 Å². The summed E-state index contributed by atoms with van der Waals surface area (Å²) in [6.45, 7) is 8.83. The Morgan fingerprint density at radius 3 is 2.85 bits per heavy atom. The smallest absolute Gasteiger partial charge is 0.127 e. The number of hydrogen-bond donors (Lipinski definition) is 1. The third-order valence-corrected chi connectivity index (χ3v) is 3.65. The van der Waals surface area contributed by atoms with Crippen LogP contribution in [0.15, 0.2) is 12.3 Å². The van der Waals surface area contributed by atoms with Gasteiger partial charge in [-0.25, -0.2) is 0 Å². The highest BCUT2D eigenvalue weighted by molar-refractivity contribution is 5.32. The summed E-state index contributed by atoms with van der Waals surface area (Å²) < 4.78 is 5.98. The SMILES string of the molecule is Cc1cc(OCCN(C)C2CC2)c(CNC(C)C)cn1. The number of nitrogens with one attached hydrogen (secondary N) is 1. The molecule has 1 saturated carbocycles. The Hall–Kier alpha value is -1.13. The van der Waals surface area contributed by atoms with Gasteiger partial charge < -0.3 is 15.0 Å². The van der Waals surface area contributed by atoms with Crippen LogP contribution in [0.3, 0.4) is 0 Å². The normalized spacial score (nSPS) is 15.1. The topological polar surface area (TPSA) is 37.4 Å². The van der Waals surface area contributed by atoms with Crippen LogP contribution in [0.1, 0.15) is 37.9 Å². The fourth-order valence-electron chi connectivity index (χ4n) is 2.14. The molecule has 20 heavy (non-hydrogen) atoms. The average Bonchev–Trinajstić information content (AvgIpc) is 3.21. The first kappa shape index (κ1) is 15.3. The van der Waals surface area contributed by atoms with Gasteiger partial charge in [0.25, 0.3) is 0 Å². The lowest BCUT2D eigenvalue weighted by atomic mass is 10.2. The van der Waals surface area contributed by atoms with Gasteiger partial charge in [-0.15, -0.1) is 0 Å². The Morgan fingerprint density at radius 1 is 1.45 bits per heavy atom. The van der Waals surface area contributed by atoms with Crippen LogP contribution in [-0.4, -0.2) is 42.2 Å². The highest BCUT2D eigenvalue weighted by Crippen LogP contribution is 2.25. The van der Waals surface area contributed by atoms with Crippen molar-refractivity contribution < 1.29 is 4.74 Å². The highest BCUT2D eigenvalue weighted by atomic mass is 16.5. The number of rotatable bonds is 8. The third kappa shape index (κ3) is 4.76. The van der Waals surface area contributed by atoms with E-state index in [0.29, 0.717) is 6.04 Å². The summed E-state index contributed by atoms with van der Waals surface area (Å²) in [6.07, 6.45) is 4.60. The Morgan fingerprint density at radius 2 is 2.20 bits per heavy atom. The monoisotopic (exact) mass is 277 g/mol. The summed E-state index contributed by atoms with van der Waals surface area (Å²) >= 11 is 0. The zero-order chi connectivity index (χ0) is 14.5. The fourth-order valence-corrected chi connectivity index (χ4v) is 2.14. The van der Waals surface area contributed by atoms with Crippen molar-refractivity contribution in [1.82, 2.24) is 15.2 Å². The van der Waals surface area contributed by atoms with E-state index in [4.69, 9.17) is 4.74 Å². The van der Waals surface area contributed by atoms with E-state index in [1.54, 1.807) is 0 Å². The van der Waals surface area contributed by atoms with E-state index in [9.17, 15) is 0 Å². The molecule has 1 aromatic heterocycles. The van der Waals surface area contributed by atoms with Crippen molar-refractivity contribution in [2.45, 2.75) is 52.2 Å². The first-order valence-electron chi connectivity index (χ1n) is 7.58. The van der Waals surface area contributed by atoms with Crippen LogP contribution in [0.2, 0.25) is 0 Å². The number of hydrogen-bond acceptors (Lipinski definition) is 4. The molecule has 1 aromatic rings. The zero-order valence-electron chi connectivity index (χ0n) is 13.1. The van der Waals surface area contributed by atoms with Gasteiger partial charge in [0.15, 0.2) is 0 Å². The molecule has 0 atom stereocenters. The molecule has 0 radical (unpaired) electrons. The van der Waals surface area contributed by atoms with Gasteiger partial charge in [-0.3, -0.25) is 4.98 Å². The summed E-state index contributed by atoms with van der Waals surface area (Å²) in [4.78, 5) is 6.76. The minimum atomic E-state index is 0.463. The van der Waals surface area contributed by atoms with Crippen molar-refractivity contribution >= 4 is 0 Å². The van der Waals surface area contributed by atoms with Crippen LogP contribution in [0.25, 0.3) is 0 Å². The first-order valence-corrected chi connectivity index (χ1v) is 7.58.